The second kappa shape index (κ2) is 4.84. The van der Waals surface area contributed by atoms with Gasteiger partial charge in [0.2, 0.25) is 0 Å². The van der Waals surface area contributed by atoms with E-state index in [2.05, 4.69) is 54.6 Å². The molecule has 1 aromatic carbocycles. The highest BCUT2D eigenvalue weighted by Gasteiger charge is 2.03. The molecule has 0 heterocycles. The minimum absolute atomic E-state index is 0.724. The monoisotopic (exact) mass is 289 g/mol. The smallest absolute Gasteiger partial charge is 0.120 e. The Labute approximate surface area is 93.6 Å². The fourth-order valence-corrected chi connectivity index (χ4v) is 1.74. The predicted molar refractivity (Wildman–Crippen MR) is 64.0 cm³/mol. The molecule has 0 aromatic heterocycles. The van der Waals surface area contributed by atoms with Crippen molar-refractivity contribution in [2.45, 2.75) is 20.8 Å². The third kappa shape index (κ3) is 3.18. The Balaban J connectivity index is 2.96. The average molecular weight is 289 g/mol. The van der Waals surface area contributed by atoms with Gasteiger partial charge in [0, 0.05) is 3.57 Å². The summed E-state index contributed by atoms with van der Waals surface area (Å²) in [6.45, 7) is 6.95. The van der Waals surface area contributed by atoms with Crippen molar-refractivity contribution in [1.82, 2.24) is 0 Å². The van der Waals surface area contributed by atoms with Gasteiger partial charge in [0.15, 0.2) is 0 Å². The predicted octanol–water partition coefficient (Wildman–Crippen LogP) is 3.65. The van der Waals surface area contributed by atoms with E-state index in [1.807, 2.05) is 6.92 Å². The first-order valence-corrected chi connectivity index (χ1v) is 5.45. The van der Waals surface area contributed by atoms with E-state index in [9.17, 15) is 0 Å². The lowest BCUT2D eigenvalue weighted by atomic mass is 10.0. The molecule has 0 aliphatic rings. The molecule has 0 atom stereocenters. The third-order valence-corrected chi connectivity index (χ3v) is 2.38. The van der Waals surface area contributed by atoms with E-state index < -0.39 is 0 Å². The molecule has 0 fully saturated rings. The summed E-state index contributed by atoms with van der Waals surface area (Å²) in [5.74, 6) is 2.28. The van der Waals surface area contributed by atoms with Gasteiger partial charge in [-0.15, -0.1) is 0 Å². The van der Waals surface area contributed by atoms with Gasteiger partial charge >= 0.3 is 0 Å². The highest BCUT2D eigenvalue weighted by Crippen LogP contribution is 2.23. The summed E-state index contributed by atoms with van der Waals surface area (Å²) in [6, 6.07) is 6.30. The van der Waals surface area contributed by atoms with Crippen LogP contribution in [0.1, 0.15) is 26.3 Å². The van der Waals surface area contributed by atoms with Gasteiger partial charge in [-0.1, -0.05) is 13.8 Å². The fraction of sp³-hybridized carbons (Fsp3) is 0.364. The second-order valence-corrected chi connectivity index (χ2v) is 4.35. The summed E-state index contributed by atoms with van der Waals surface area (Å²) >= 11 is 2.31. The van der Waals surface area contributed by atoms with Gasteiger partial charge < -0.3 is 4.74 Å². The lowest BCUT2D eigenvalue weighted by molar-refractivity contribution is 0.340. The molecule has 1 rings (SSSR count). The Bertz CT molecular complexity index is 281. The second-order valence-electron chi connectivity index (χ2n) is 3.11. The van der Waals surface area contributed by atoms with E-state index in [0.29, 0.717) is 0 Å². The summed E-state index contributed by atoms with van der Waals surface area (Å²) in [6.07, 6.45) is 0. The number of ether oxygens (including phenoxy) is 1. The molecule has 0 amide bonds. The van der Waals surface area contributed by atoms with Crippen molar-refractivity contribution in [1.29, 1.82) is 0 Å². The molecule has 0 aliphatic carbocycles. The molecule has 1 radical (unpaired) electrons. The largest absolute Gasteiger partial charge is 0.494 e. The lowest BCUT2D eigenvalue weighted by Gasteiger charge is -2.09. The molecule has 1 aromatic rings. The Morgan fingerprint density at radius 1 is 1.31 bits per heavy atom. The molecular formula is C11H14IO. The summed E-state index contributed by atoms with van der Waals surface area (Å²) in [5.41, 5.74) is 1.26. The zero-order chi connectivity index (χ0) is 9.84. The highest BCUT2D eigenvalue weighted by molar-refractivity contribution is 14.1. The molecular weight excluding hydrogens is 275 g/mol. The molecule has 0 N–H and O–H groups in total. The van der Waals surface area contributed by atoms with Crippen molar-refractivity contribution in [2.75, 3.05) is 6.61 Å². The standard InChI is InChI=1S/C11H14IO/c1-4-13-11-6-9(8(2)3)5-10(12)7-11/h5-7H,4H2,1-3H3. The number of benzene rings is 1. The summed E-state index contributed by atoms with van der Waals surface area (Å²) < 4.78 is 6.68. The minimum atomic E-state index is 0.724. The number of hydrogen-bond acceptors (Lipinski definition) is 1. The number of rotatable bonds is 3. The minimum Gasteiger partial charge on any atom is -0.494 e. The number of hydrogen-bond donors (Lipinski definition) is 0. The Hall–Kier alpha value is -0.250. The van der Waals surface area contributed by atoms with Crippen LogP contribution in [0.2, 0.25) is 0 Å². The van der Waals surface area contributed by atoms with Crippen molar-refractivity contribution in [3.63, 3.8) is 0 Å². The maximum absolute atomic E-state index is 5.46. The van der Waals surface area contributed by atoms with Crippen LogP contribution < -0.4 is 4.74 Å². The molecule has 13 heavy (non-hydrogen) atoms. The maximum Gasteiger partial charge on any atom is 0.120 e. The van der Waals surface area contributed by atoms with E-state index >= 15 is 0 Å². The van der Waals surface area contributed by atoms with E-state index in [-0.39, 0.29) is 0 Å². The first-order valence-electron chi connectivity index (χ1n) is 4.37. The summed E-state index contributed by atoms with van der Waals surface area (Å²) in [5, 5.41) is 0. The van der Waals surface area contributed by atoms with Crippen molar-refractivity contribution in [2.24, 2.45) is 0 Å². The van der Waals surface area contributed by atoms with Crippen LogP contribution in [-0.4, -0.2) is 6.61 Å². The normalized spacial score (nSPS) is 10.5. The highest BCUT2D eigenvalue weighted by atomic mass is 127. The van der Waals surface area contributed by atoms with Crippen LogP contribution >= 0.6 is 22.6 Å². The summed E-state index contributed by atoms with van der Waals surface area (Å²) in [7, 11) is 0. The van der Waals surface area contributed by atoms with Gasteiger partial charge in [-0.3, -0.25) is 0 Å². The fourth-order valence-electron chi connectivity index (χ4n) is 1.10. The van der Waals surface area contributed by atoms with Gasteiger partial charge in [0.05, 0.1) is 6.61 Å². The van der Waals surface area contributed by atoms with Crippen molar-refractivity contribution >= 4 is 22.6 Å². The van der Waals surface area contributed by atoms with Crippen molar-refractivity contribution in [3.05, 3.63) is 33.3 Å². The molecule has 1 nitrogen and oxygen atoms in total. The van der Waals surface area contributed by atoms with Gasteiger partial charge in [0.1, 0.15) is 5.75 Å². The van der Waals surface area contributed by atoms with E-state index in [0.717, 1.165) is 12.4 Å². The molecule has 0 saturated heterocycles. The molecule has 0 spiro atoms. The van der Waals surface area contributed by atoms with E-state index in [1.54, 1.807) is 0 Å². The zero-order valence-electron chi connectivity index (χ0n) is 8.23. The number of halogens is 1. The topological polar surface area (TPSA) is 9.23 Å². The van der Waals surface area contributed by atoms with Crippen LogP contribution in [0, 0.1) is 9.49 Å². The van der Waals surface area contributed by atoms with Gasteiger partial charge in [-0.25, -0.2) is 0 Å². The molecule has 0 bridgehead atoms. The molecule has 0 unspecified atom stereocenters. The van der Waals surface area contributed by atoms with Gasteiger partial charge in [-0.05, 0) is 59.2 Å². The lowest BCUT2D eigenvalue weighted by Crippen LogP contribution is -1.95. The van der Waals surface area contributed by atoms with Crippen LogP contribution in [0.3, 0.4) is 0 Å². The SMILES string of the molecule is CCOc1cc(I)cc([C](C)C)c1. The van der Waals surface area contributed by atoms with Crippen molar-refractivity contribution < 1.29 is 4.74 Å². The van der Waals surface area contributed by atoms with Crippen LogP contribution in [0.5, 0.6) is 5.75 Å². The average Bonchev–Trinajstić information content (AvgIpc) is 2.03. The molecule has 2 heteroatoms. The van der Waals surface area contributed by atoms with Crippen molar-refractivity contribution in [3.8, 4) is 5.75 Å². The van der Waals surface area contributed by atoms with Crippen LogP contribution in [0.15, 0.2) is 18.2 Å². The Kier molecular flexibility index (Phi) is 4.03. The van der Waals surface area contributed by atoms with Crippen LogP contribution in [0.25, 0.3) is 0 Å². The summed E-state index contributed by atoms with van der Waals surface area (Å²) in [4.78, 5) is 0. The van der Waals surface area contributed by atoms with Gasteiger partial charge in [-0.2, -0.15) is 0 Å². The zero-order valence-corrected chi connectivity index (χ0v) is 10.4. The van der Waals surface area contributed by atoms with Crippen LogP contribution in [0.4, 0.5) is 0 Å². The van der Waals surface area contributed by atoms with Crippen LogP contribution in [-0.2, 0) is 0 Å². The first kappa shape index (κ1) is 10.8. The quantitative estimate of drug-likeness (QED) is 0.772. The Morgan fingerprint density at radius 2 is 2.00 bits per heavy atom. The molecule has 0 aliphatic heterocycles. The van der Waals surface area contributed by atoms with E-state index in [1.165, 1.54) is 15.1 Å². The Morgan fingerprint density at radius 3 is 2.54 bits per heavy atom. The molecule has 71 valence electrons. The third-order valence-electron chi connectivity index (χ3n) is 1.76. The van der Waals surface area contributed by atoms with E-state index in [4.69, 9.17) is 4.74 Å². The van der Waals surface area contributed by atoms with Gasteiger partial charge in [0.25, 0.3) is 0 Å². The molecule has 0 saturated carbocycles. The first-order chi connectivity index (χ1) is 6.13. The maximum atomic E-state index is 5.46.